The average molecular weight is 366 g/mol. The topological polar surface area (TPSA) is 66.0 Å². The Kier molecular flexibility index (Phi) is 7.54. The number of aryl methyl sites for hydroxylation is 2. The van der Waals surface area contributed by atoms with Crippen LogP contribution in [0.4, 0.5) is 0 Å². The summed E-state index contributed by atoms with van der Waals surface area (Å²) < 4.78 is 0. The van der Waals surface area contributed by atoms with Gasteiger partial charge in [0.05, 0.1) is 17.6 Å². The minimum Gasteiger partial charge on any atom is -0.341 e. The summed E-state index contributed by atoms with van der Waals surface area (Å²) in [5.74, 6) is 0.994. The van der Waals surface area contributed by atoms with E-state index in [4.69, 9.17) is 0 Å². The third-order valence-electron chi connectivity index (χ3n) is 4.74. The number of imidazole rings is 1. The normalized spacial score (nSPS) is 12.9. The van der Waals surface area contributed by atoms with E-state index in [9.17, 15) is 0 Å². The molecule has 1 aromatic carbocycles. The number of nitrogens with zero attached hydrogens (tertiary/aromatic N) is 3. The minimum atomic E-state index is 0. The Hall–Kier alpha value is -2.53. The predicted molar refractivity (Wildman–Crippen MR) is 114 cm³/mol. The molecular formula is C22H31N5. The van der Waals surface area contributed by atoms with Crippen LogP contribution in [0.1, 0.15) is 44.2 Å². The molecule has 0 atom stereocenters. The van der Waals surface area contributed by atoms with Gasteiger partial charge in [-0.3, -0.25) is 4.98 Å². The zero-order valence-corrected chi connectivity index (χ0v) is 16.0. The van der Waals surface area contributed by atoms with Gasteiger partial charge in [0.2, 0.25) is 0 Å². The maximum atomic E-state index is 4.50. The second-order valence-corrected chi connectivity index (χ2v) is 6.85. The monoisotopic (exact) mass is 365 g/mol. The molecule has 4 rings (SSSR count). The van der Waals surface area contributed by atoms with Gasteiger partial charge in [-0.25, -0.2) is 4.98 Å². The van der Waals surface area contributed by atoms with Crippen molar-refractivity contribution in [2.75, 3.05) is 13.1 Å². The summed E-state index contributed by atoms with van der Waals surface area (Å²) in [4.78, 5) is 15.9. The summed E-state index contributed by atoms with van der Waals surface area (Å²) in [7, 11) is 0. The van der Waals surface area contributed by atoms with Gasteiger partial charge in [0.25, 0.3) is 0 Å². The van der Waals surface area contributed by atoms with Crippen LogP contribution in [0.3, 0.4) is 0 Å². The molecule has 1 aliphatic rings. The molecule has 2 N–H and O–H groups in total. The fourth-order valence-electron chi connectivity index (χ4n) is 3.30. The summed E-state index contributed by atoms with van der Waals surface area (Å²) in [5, 5.41) is 3.37. The standard InChI is InChI=1S/C13H18N4.C9H11N.H2/c1-14-8-4-5-9-15-10-13-16-11-6-2-3-7-12(11)17-13;1-2-6-9-8(4-1)5-3-7-10-9;/h2-3,6-7,15H,1,4-5,8-10H2,(H,16,17);3,5,7H,1-2,4,6H2;1H. The zero-order chi connectivity index (χ0) is 18.7. The third kappa shape index (κ3) is 6.00. The first kappa shape index (κ1) is 19.2. The Balaban J connectivity index is 0.000000217. The molecule has 0 radical (unpaired) electrons. The lowest BCUT2D eigenvalue weighted by atomic mass is 9.96. The van der Waals surface area contributed by atoms with Crippen LogP contribution in [-0.2, 0) is 19.4 Å². The van der Waals surface area contributed by atoms with E-state index in [0.717, 1.165) is 49.3 Å². The Morgan fingerprint density at radius 3 is 2.85 bits per heavy atom. The van der Waals surface area contributed by atoms with Gasteiger partial charge in [-0.2, -0.15) is 0 Å². The highest BCUT2D eigenvalue weighted by Gasteiger charge is 2.07. The van der Waals surface area contributed by atoms with Crippen molar-refractivity contribution in [3.63, 3.8) is 0 Å². The number of para-hydroxylation sites is 2. The molecule has 0 bridgehead atoms. The lowest BCUT2D eigenvalue weighted by Gasteiger charge is -2.12. The van der Waals surface area contributed by atoms with E-state index in [-0.39, 0.29) is 1.43 Å². The van der Waals surface area contributed by atoms with Crippen LogP contribution in [0.2, 0.25) is 0 Å². The SMILES string of the molecule is C=NCCCCNCc1nc2ccccc2[nH]1.[HH].c1cnc2c(c1)CCCC2. The first-order chi connectivity index (χ1) is 13.4. The molecule has 5 nitrogen and oxygen atoms in total. The lowest BCUT2D eigenvalue weighted by molar-refractivity contribution is 0.616. The Labute approximate surface area is 162 Å². The van der Waals surface area contributed by atoms with Crippen molar-refractivity contribution in [1.82, 2.24) is 20.3 Å². The maximum Gasteiger partial charge on any atom is 0.121 e. The fraction of sp³-hybridized carbons (Fsp3) is 0.409. The number of hydrogen-bond acceptors (Lipinski definition) is 4. The van der Waals surface area contributed by atoms with Crippen LogP contribution in [0.25, 0.3) is 11.0 Å². The molecule has 0 saturated heterocycles. The van der Waals surface area contributed by atoms with Crippen LogP contribution >= 0.6 is 0 Å². The number of fused-ring (bicyclic) bond motifs is 2. The van der Waals surface area contributed by atoms with Gasteiger partial charge in [0.15, 0.2) is 0 Å². The van der Waals surface area contributed by atoms with Crippen LogP contribution in [0.15, 0.2) is 47.6 Å². The Morgan fingerprint density at radius 2 is 2.00 bits per heavy atom. The number of unbranched alkanes of at least 4 members (excludes halogenated alkanes) is 1. The first-order valence-electron chi connectivity index (χ1n) is 9.86. The highest BCUT2D eigenvalue weighted by Crippen LogP contribution is 2.17. The van der Waals surface area contributed by atoms with Gasteiger partial charge >= 0.3 is 0 Å². The van der Waals surface area contributed by atoms with Crippen molar-refractivity contribution in [1.29, 1.82) is 0 Å². The van der Waals surface area contributed by atoms with Crippen molar-refractivity contribution in [2.45, 2.75) is 45.1 Å². The Bertz CT molecular complexity index is 788. The van der Waals surface area contributed by atoms with Crippen molar-refractivity contribution in [2.24, 2.45) is 4.99 Å². The molecule has 0 fully saturated rings. The summed E-state index contributed by atoms with van der Waals surface area (Å²) >= 11 is 0. The maximum absolute atomic E-state index is 4.50. The molecule has 2 heterocycles. The number of hydrogen-bond donors (Lipinski definition) is 2. The van der Waals surface area contributed by atoms with Crippen LogP contribution < -0.4 is 5.32 Å². The Morgan fingerprint density at radius 1 is 1.11 bits per heavy atom. The molecule has 0 amide bonds. The quantitative estimate of drug-likeness (QED) is 0.483. The zero-order valence-electron chi connectivity index (χ0n) is 16.0. The number of aromatic nitrogens is 3. The minimum absolute atomic E-state index is 0. The van der Waals surface area contributed by atoms with Gasteiger partial charge in [-0.1, -0.05) is 18.2 Å². The molecule has 0 saturated carbocycles. The van der Waals surface area contributed by atoms with Gasteiger partial charge in [0, 0.05) is 19.9 Å². The van der Waals surface area contributed by atoms with Crippen molar-refractivity contribution in [3.05, 3.63) is 59.7 Å². The highest BCUT2D eigenvalue weighted by molar-refractivity contribution is 5.74. The summed E-state index contributed by atoms with van der Waals surface area (Å²) in [6, 6.07) is 12.3. The van der Waals surface area contributed by atoms with E-state index >= 15 is 0 Å². The van der Waals surface area contributed by atoms with E-state index in [1.807, 2.05) is 36.5 Å². The van der Waals surface area contributed by atoms with Gasteiger partial charge in [-0.05, 0) is 75.5 Å². The van der Waals surface area contributed by atoms with E-state index in [1.54, 1.807) is 0 Å². The molecule has 1 aliphatic carbocycles. The molecule has 0 unspecified atom stereocenters. The van der Waals surface area contributed by atoms with Crippen LogP contribution in [0.5, 0.6) is 0 Å². The second kappa shape index (κ2) is 10.6. The number of aliphatic imine (C=N–C) groups is 1. The number of nitrogens with one attached hydrogen (secondary N) is 2. The predicted octanol–water partition coefficient (Wildman–Crippen LogP) is 4.34. The van der Waals surface area contributed by atoms with Gasteiger partial charge < -0.3 is 15.3 Å². The fourth-order valence-corrected chi connectivity index (χ4v) is 3.30. The smallest absolute Gasteiger partial charge is 0.121 e. The molecule has 3 aromatic rings. The molecule has 2 aromatic heterocycles. The summed E-state index contributed by atoms with van der Waals surface area (Å²) in [6.07, 6.45) is 9.21. The largest absolute Gasteiger partial charge is 0.341 e. The molecular weight excluding hydrogens is 334 g/mol. The second-order valence-electron chi connectivity index (χ2n) is 6.85. The van der Waals surface area contributed by atoms with Crippen molar-refractivity contribution >= 4 is 17.8 Å². The third-order valence-corrected chi connectivity index (χ3v) is 4.74. The molecule has 0 spiro atoms. The summed E-state index contributed by atoms with van der Waals surface area (Å²) in [5.41, 5.74) is 4.92. The number of rotatable bonds is 7. The molecule has 0 aliphatic heterocycles. The van der Waals surface area contributed by atoms with E-state index in [2.05, 4.69) is 38.0 Å². The van der Waals surface area contributed by atoms with Gasteiger partial charge in [-0.15, -0.1) is 0 Å². The number of H-pyrrole nitrogens is 1. The van der Waals surface area contributed by atoms with Crippen molar-refractivity contribution < 1.29 is 1.43 Å². The first-order valence-corrected chi connectivity index (χ1v) is 9.86. The molecule has 144 valence electrons. The highest BCUT2D eigenvalue weighted by atomic mass is 15.0. The van der Waals surface area contributed by atoms with Crippen LogP contribution in [-0.4, -0.2) is 34.8 Å². The van der Waals surface area contributed by atoms with Crippen LogP contribution in [0, 0.1) is 0 Å². The average Bonchev–Trinajstić information content (AvgIpc) is 3.14. The van der Waals surface area contributed by atoms with E-state index in [0.29, 0.717) is 0 Å². The number of aromatic amines is 1. The number of pyridine rings is 1. The van der Waals surface area contributed by atoms with Gasteiger partial charge in [0.1, 0.15) is 5.82 Å². The lowest BCUT2D eigenvalue weighted by Crippen LogP contribution is -2.15. The summed E-state index contributed by atoms with van der Waals surface area (Å²) in [6.45, 7) is 6.10. The number of benzene rings is 1. The van der Waals surface area contributed by atoms with Crippen molar-refractivity contribution in [3.8, 4) is 0 Å². The molecule has 5 heteroatoms. The van der Waals surface area contributed by atoms with E-state index in [1.165, 1.54) is 36.9 Å². The van der Waals surface area contributed by atoms with E-state index < -0.39 is 0 Å². The molecule has 27 heavy (non-hydrogen) atoms.